The Kier molecular flexibility index (Phi) is 10.7. The Balaban J connectivity index is 0.00000312. The van der Waals surface area contributed by atoms with Crippen molar-refractivity contribution >= 4 is 41.3 Å². The maximum atomic E-state index is 5.55. The molecule has 140 valence electrons. The molecule has 2 N–H and O–H groups in total. The molecule has 0 aliphatic rings. The summed E-state index contributed by atoms with van der Waals surface area (Å²) >= 11 is 1.71. The summed E-state index contributed by atoms with van der Waals surface area (Å²) in [6.45, 7) is 6.98. The summed E-state index contributed by atoms with van der Waals surface area (Å²) in [5.41, 5.74) is 1.05. The average molecular weight is 478 g/mol. The second kappa shape index (κ2) is 12.3. The molecule has 0 aromatic carbocycles. The SMILES string of the molecule is CN=C(NCCCOCc1ccco1)NCc1csc(C(C)C)n1.I. The predicted octanol–water partition coefficient (Wildman–Crippen LogP) is 3.75. The van der Waals surface area contributed by atoms with Gasteiger partial charge in [0.05, 0.1) is 23.5 Å². The number of hydrogen-bond donors (Lipinski definition) is 2. The number of ether oxygens (including phenoxy) is 1. The molecule has 0 spiro atoms. The van der Waals surface area contributed by atoms with E-state index in [0.29, 0.717) is 25.7 Å². The number of aliphatic imine (C=N–C) groups is 1. The van der Waals surface area contributed by atoms with E-state index in [2.05, 4.69) is 39.8 Å². The van der Waals surface area contributed by atoms with E-state index in [4.69, 9.17) is 9.15 Å². The molecule has 8 heteroatoms. The third-order valence-electron chi connectivity index (χ3n) is 3.31. The highest BCUT2D eigenvalue weighted by molar-refractivity contribution is 14.0. The Labute approximate surface area is 170 Å². The van der Waals surface area contributed by atoms with Gasteiger partial charge < -0.3 is 19.8 Å². The lowest BCUT2D eigenvalue weighted by Gasteiger charge is -2.11. The van der Waals surface area contributed by atoms with Crippen LogP contribution in [-0.4, -0.2) is 31.1 Å². The summed E-state index contributed by atoms with van der Waals surface area (Å²) in [7, 11) is 1.77. The fourth-order valence-corrected chi connectivity index (χ4v) is 2.85. The topological polar surface area (TPSA) is 71.7 Å². The molecule has 0 bridgehead atoms. The van der Waals surface area contributed by atoms with E-state index in [1.165, 1.54) is 5.01 Å². The summed E-state index contributed by atoms with van der Waals surface area (Å²) < 4.78 is 10.8. The van der Waals surface area contributed by atoms with Gasteiger partial charge in [0.25, 0.3) is 0 Å². The molecule has 0 aliphatic heterocycles. The minimum atomic E-state index is 0. The number of guanidine groups is 1. The van der Waals surface area contributed by atoms with Crippen LogP contribution in [0.25, 0.3) is 0 Å². The molecule has 0 saturated carbocycles. The first-order chi connectivity index (χ1) is 11.7. The van der Waals surface area contributed by atoms with Gasteiger partial charge >= 0.3 is 0 Å². The number of hydrogen-bond acceptors (Lipinski definition) is 5. The Morgan fingerprint density at radius 1 is 1.40 bits per heavy atom. The van der Waals surface area contributed by atoms with Crippen LogP contribution >= 0.6 is 35.3 Å². The van der Waals surface area contributed by atoms with E-state index in [-0.39, 0.29) is 24.0 Å². The molecule has 0 amide bonds. The number of aromatic nitrogens is 1. The van der Waals surface area contributed by atoms with Crippen molar-refractivity contribution in [1.82, 2.24) is 15.6 Å². The van der Waals surface area contributed by atoms with Crippen LogP contribution in [0.1, 0.15) is 42.6 Å². The van der Waals surface area contributed by atoms with Crippen LogP contribution in [0.2, 0.25) is 0 Å². The Bertz CT molecular complexity index is 614. The molecule has 0 radical (unpaired) electrons. The summed E-state index contributed by atoms with van der Waals surface area (Å²) in [6, 6.07) is 3.77. The number of nitrogens with one attached hydrogen (secondary N) is 2. The van der Waals surface area contributed by atoms with Crippen LogP contribution in [-0.2, 0) is 17.9 Å². The average Bonchev–Trinajstić information content (AvgIpc) is 3.25. The lowest BCUT2D eigenvalue weighted by atomic mass is 10.2. The highest BCUT2D eigenvalue weighted by Crippen LogP contribution is 2.18. The first kappa shape index (κ1) is 21.9. The van der Waals surface area contributed by atoms with Crippen LogP contribution in [0, 0.1) is 0 Å². The lowest BCUT2D eigenvalue weighted by molar-refractivity contribution is 0.105. The Morgan fingerprint density at radius 2 is 2.24 bits per heavy atom. The zero-order valence-corrected chi connectivity index (χ0v) is 18.1. The molecule has 25 heavy (non-hydrogen) atoms. The van der Waals surface area contributed by atoms with Crippen LogP contribution in [0.4, 0.5) is 0 Å². The molecule has 6 nitrogen and oxygen atoms in total. The van der Waals surface area contributed by atoms with Crippen molar-refractivity contribution in [2.45, 2.75) is 39.3 Å². The number of furan rings is 1. The molecule has 0 fully saturated rings. The summed E-state index contributed by atoms with van der Waals surface area (Å²) in [5.74, 6) is 2.10. The van der Waals surface area contributed by atoms with Crippen molar-refractivity contribution < 1.29 is 9.15 Å². The highest BCUT2D eigenvalue weighted by atomic mass is 127. The van der Waals surface area contributed by atoms with Gasteiger partial charge in [-0.1, -0.05) is 13.8 Å². The molecule has 2 aromatic rings. The van der Waals surface area contributed by atoms with Crippen LogP contribution < -0.4 is 10.6 Å². The van der Waals surface area contributed by atoms with Crippen LogP contribution in [0.5, 0.6) is 0 Å². The van der Waals surface area contributed by atoms with Gasteiger partial charge in [-0.2, -0.15) is 0 Å². The third-order valence-corrected chi connectivity index (χ3v) is 4.50. The maximum Gasteiger partial charge on any atom is 0.191 e. The number of halogens is 1. The van der Waals surface area contributed by atoms with E-state index in [9.17, 15) is 0 Å². The van der Waals surface area contributed by atoms with E-state index >= 15 is 0 Å². The molecule has 0 aliphatic carbocycles. The Hall–Kier alpha value is -1.13. The van der Waals surface area contributed by atoms with E-state index in [0.717, 1.165) is 30.4 Å². The molecule has 2 heterocycles. The molecule has 0 unspecified atom stereocenters. The normalized spacial score (nSPS) is 11.4. The van der Waals surface area contributed by atoms with E-state index < -0.39 is 0 Å². The summed E-state index contributed by atoms with van der Waals surface area (Å²) in [6.07, 6.45) is 2.55. The van der Waals surface area contributed by atoms with Gasteiger partial charge in [-0.3, -0.25) is 4.99 Å². The predicted molar refractivity (Wildman–Crippen MR) is 113 cm³/mol. The van der Waals surface area contributed by atoms with E-state index in [1.807, 2.05) is 12.1 Å². The number of nitrogens with zero attached hydrogens (tertiary/aromatic N) is 2. The van der Waals surface area contributed by atoms with Gasteiger partial charge in [-0.25, -0.2) is 4.98 Å². The largest absolute Gasteiger partial charge is 0.467 e. The zero-order chi connectivity index (χ0) is 17.2. The summed E-state index contributed by atoms with van der Waals surface area (Å²) in [5, 5.41) is 9.82. The van der Waals surface area contributed by atoms with Crippen molar-refractivity contribution in [3.05, 3.63) is 40.2 Å². The zero-order valence-electron chi connectivity index (χ0n) is 14.9. The third kappa shape index (κ3) is 8.19. The van der Waals surface area contributed by atoms with Crippen LogP contribution in [0.3, 0.4) is 0 Å². The molecule has 2 aromatic heterocycles. The van der Waals surface area contributed by atoms with Gasteiger partial charge in [-0.15, -0.1) is 35.3 Å². The molecular formula is C17H27IN4O2S. The molecule has 2 rings (SSSR count). The minimum absolute atomic E-state index is 0. The second-order valence-electron chi connectivity index (χ2n) is 5.67. The first-order valence-electron chi connectivity index (χ1n) is 8.18. The van der Waals surface area contributed by atoms with Crippen molar-refractivity contribution in [3.63, 3.8) is 0 Å². The smallest absolute Gasteiger partial charge is 0.191 e. The van der Waals surface area contributed by atoms with Gasteiger partial charge in [0.1, 0.15) is 12.4 Å². The maximum absolute atomic E-state index is 5.55. The molecular weight excluding hydrogens is 451 g/mol. The van der Waals surface area contributed by atoms with E-state index in [1.54, 1.807) is 24.6 Å². The highest BCUT2D eigenvalue weighted by Gasteiger charge is 2.06. The lowest BCUT2D eigenvalue weighted by Crippen LogP contribution is -2.37. The fourth-order valence-electron chi connectivity index (χ4n) is 2.01. The van der Waals surface area contributed by atoms with Gasteiger partial charge in [0.15, 0.2) is 5.96 Å². The minimum Gasteiger partial charge on any atom is -0.467 e. The van der Waals surface area contributed by atoms with Crippen molar-refractivity contribution in [3.8, 4) is 0 Å². The fraction of sp³-hybridized carbons (Fsp3) is 0.529. The molecule has 0 saturated heterocycles. The number of rotatable bonds is 9. The van der Waals surface area contributed by atoms with Crippen LogP contribution in [0.15, 0.2) is 33.2 Å². The second-order valence-corrected chi connectivity index (χ2v) is 6.56. The monoisotopic (exact) mass is 478 g/mol. The van der Waals surface area contributed by atoms with Gasteiger partial charge in [0.2, 0.25) is 0 Å². The van der Waals surface area contributed by atoms with Gasteiger partial charge in [0, 0.05) is 31.5 Å². The summed E-state index contributed by atoms with van der Waals surface area (Å²) in [4.78, 5) is 8.82. The standard InChI is InChI=1S/C17H26N4O2S.HI/c1-13(2)16-21-14(12-24-16)10-20-17(18-3)19-7-5-8-22-11-15-6-4-9-23-15;/h4,6,9,12-13H,5,7-8,10-11H2,1-3H3,(H2,18,19,20);1H. The Morgan fingerprint density at radius 3 is 2.88 bits per heavy atom. The van der Waals surface area contributed by atoms with Crippen molar-refractivity contribution in [2.75, 3.05) is 20.2 Å². The van der Waals surface area contributed by atoms with Crippen molar-refractivity contribution in [1.29, 1.82) is 0 Å². The first-order valence-corrected chi connectivity index (χ1v) is 9.06. The number of thiazole rings is 1. The molecule has 0 atom stereocenters. The van der Waals surface area contributed by atoms with Gasteiger partial charge in [-0.05, 0) is 18.6 Å². The quantitative estimate of drug-likeness (QED) is 0.249. The van der Waals surface area contributed by atoms with Crippen molar-refractivity contribution in [2.24, 2.45) is 4.99 Å².